The molecule has 0 radical (unpaired) electrons. The molecule has 3 rings (SSSR count). The van der Waals surface area contributed by atoms with Crippen LogP contribution in [0.25, 0.3) is 0 Å². The summed E-state index contributed by atoms with van der Waals surface area (Å²) in [4.78, 5) is 25.7. The highest BCUT2D eigenvalue weighted by Crippen LogP contribution is 2.29. The Morgan fingerprint density at radius 2 is 1.75 bits per heavy atom. The van der Waals surface area contributed by atoms with Crippen LogP contribution in [0.3, 0.4) is 0 Å². The van der Waals surface area contributed by atoms with Crippen LogP contribution in [0, 0.1) is 0 Å². The first-order chi connectivity index (χ1) is 9.74. The molecule has 0 atom stereocenters. The number of para-hydroxylation sites is 2. The Bertz CT molecular complexity index is 653. The number of nitrogens with one attached hydrogen (secondary N) is 1. The van der Waals surface area contributed by atoms with Crippen LogP contribution < -0.4 is 10.2 Å². The summed E-state index contributed by atoms with van der Waals surface area (Å²) in [5.41, 5.74) is 2.39. The van der Waals surface area contributed by atoms with Gasteiger partial charge in [0.25, 0.3) is 0 Å². The predicted molar refractivity (Wildman–Crippen MR) is 77.6 cm³/mol. The normalized spacial score (nSPS) is 13.6. The minimum Gasteiger partial charge on any atom is -0.323 e. The van der Waals surface area contributed by atoms with Gasteiger partial charge in [-0.1, -0.05) is 42.5 Å². The Morgan fingerprint density at radius 1 is 1.05 bits per heavy atom. The monoisotopic (exact) mass is 266 g/mol. The highest BCUT2D eigenvalue weighted by molar-refractivity contribution is 6.10. The third-order valence-corrected chi connectivity index (χ3v) is 3.27. The zero-order valence-electron chi connectivity index (χ0n) is 10.9. The average Bonchev–Trinajstić information content (AvgIpc) is 2.47. The van der Waals surface area contributed by atoms with Crippen molar-refractivity contribution in [1.82, 2.24) is 0 Å². The lowest BCUT2D eigenvalue weighted by atomic mass is 10.1. The van der Waals surface area contributed by atoms with Gasteiger partial charge >= 0.3 is 0 Å². The van der Waals surface area contributed by atoms with Crippen LogP contribution >= 0.6 is 0 Å². The summed E-state index contributed by atoms with van der Waals surface area (Å²) in [5, 5.41) is 2.78. The number of benzene rings is 2. The topological polar surface area (TPSA) is 49.4 Å². The standard InChI is InChI=1S/C16H14N2O2/c19-15-11-18(14-9-5-4-8-13(14)17-15)16(20)10-12-6-2-1-3-7-12/h1-9H,10-11H2,(H,17,19). The lowest BCUT2D eigenvalue weighted by Gasteiger charge is -2.29. The van der Waals surface area contributed by atoms with Crippen LogP contribution in [0.4, 0.5) is 11.4 Å². The summed E-state index contributed by atoms with van der Waals surface area (Å²) in [6.45, 7) is 0.0721. The molecule has 0 spiro atoms. The fourth-order valence-corrected chi connectivity index (χ4v) is 2.32. The maximum atomic E-state index is 12.4. The Morgan fingerprint density at radius 3 is 2.55 bits per heavy atom. The van der Waals surface area contributed by atoms with Gasteiger partial charge in [0.15, 0.2) is 0 Å². The molecule has 1 N–H and O–H groups in total. The van der Waals surface area contributed by atoms with Gasteiger partial charge in [-0.15, -0.1) is 0 Å². The van der Waals surface area contributed by atoms with Gasteiger partial charge in [0.1, 0.15) is 6.54 Å². The second-order valence-electron chi connectivity index (χ2n) is 4.71. The molecular weight excluding hydrogens is 252 g/mol. The van der Waals surface area contributed by atoms with Crippen molar-refractivity contribution < 1.29 is 9.59 Å². The first kappa shape index (κ1) is 12.4. The molecule has 0 aliphatic carbocycles. The number of carbonyl (C=O) groups is 2. The lowest BCUT2D eigenvalue weighted by Crippen LogP contribution is -2.42. The van der Waals surface area contributed by atoms with E-state index in [0.29, 0.717) is 12.1 Å². The first-order valence-electron chi connectivity index (χ1n) is 6.47. The smallest absolute Gasteiger partial charge is 0.244 e. The SMILES string of the molecule is O=C1CN(C(=O)Cc2ccccc2)c2ccccc2N1. The largest absolute Gasteiger partial charge is 0.323 e. The molecule has 2 amide bonds. The van der Waals surface area contributed by atoms with Gasteiger partial charge in [-0.3, -0.25) is 9.59 Å². The fraction of sp³-hybridized carbons (Fsp3) is 0.125. The van der Waals surface area contributed by atoms with E-state index < -0.39 is 0 Å². The number of fused-ring (bicyclic) bond motifs is 1. The maximum Gasteiger partial charge on any atom is 0.244 e. The highest BCUT2D eigenvalue weighted by Gasteiger charge is 2.26. The molecule has 0 bridgehead atoms. The number of carbonyl (C=O) groups excluding carboxylic acids is 2. The molecule has 1 heterocycles. The number of nitrogens with zero attached hydrogens (tertiary/aromatic N) is 1. The van der Waals surface area contributed by atoms with Gasteiger partial charge in [0, 0.05) is 0 Å². The van der Waals surface area contributed by atoms with E-state index in [2.05, 4.69) is 5.32 Å². The number of anilines is 2. The number of hydrogen-bond donors (Lipinski definition) is 1. The molecule has 0 aromatic heterocycles. The van der Waals surface area contributed by atoms with Crippen molar-refractivity contribution in [3.63, 3.8) is 0 Å². The number of hydrogen-bond acceptors (Lipinski definition) is 2. The second-order valence-corrected chi connectivity index (χ2v) is 4.71. The van der Waals surface area contributed by atoms with E-state index in [1.54, 1.807) is 11.0 Å². The van der Waals surface area contributed by atoms with Crippen molar-refractivity contribution in [3.05, 3.63) is 60.2 Å². The van der Waals surface area contributed by atoms with E-state index in [1.165, 1.54) is 0 Å². The van der Waals surface area contributed by atoms with Gasteiger partial charge in [-0.2, -0.15) is 0 Å². The minimum atomic E-state index is -0.162. The Hall–Kier alpha value is -2.62. The van der Waals surface area contributed by atoms with Crippen LogP contribution in [0.5, 0.6) is 0 Å². The van der Waals surface area contributed by atoms with Crippen molar-refractivity contribution in [3.8, 4) is 0 Å². The van der Waals surface area contributed by atoms with Gasteiger partial charge in [0.2, 0.25) is 11.8 Å². The van der Waals surface area contributed by atoms with Crippen LogP contribution in [-0.4, -0.2) is 18.4 Å². The zero-order valence-corrected chi connectivity index (χ0v) is 10.9. The molecular formula is C16H14N2O2. The van der Waals surface area contributed by atoms with Crippen LogP contribution in [0.2, 0.25) is 0 Å². The van der Waals surface area contributed by atoms with Crippen molar-refractivity contribution in [2.75, 3.05) is 16.8 Å². The van der Waals surface area contributed by atoms with E-state index in [0.717, 1.165) is 11.3 Å². The van der Waals surface area contributed by atoms with Crippen LogP contribution in [0.15, 0.2) is 54.6 Å². The molecule has 0 saturated carbocycles. The van der Waals surface area contributed by atoms with Gasteiger partial charge in [-0.05, 0) is 17.7 Å². The van der Waals surface area contributed by atoms with E-state index in [9.17, 15) is 9.59 Å². The van der Waals surface area contributed by atoms with E-state index in [-0.39, 0.29) is 18.4 Å². The zero-order chi connectivity index (χ0) is 13.9. The molecule has 0 unspecified atom stereocenters. The average molecular weight is 266 g/mol. The van der Waals surface area contributed by atoms with Crippen molar-refractivity contribution in [2.24, 2.45) is 0 Å². The maximum absolute atomic E-state index is 12.4. The molecule has 4 nitrogen and oxygen atoms in total. The fourth-order valence-electron chi connectivity index (χ4n) is 2.32. The molecule has 4 heteroatoms. The van der Waals surface area contributed by atoms with Crippen molar-refractivity contribution in [2.45, 2.75) is 6.42 Å². The first-order valence-corrected chi connectivity index (χ1v) is 6.47. The third-order valence-electron chi connectivity index (χ3n) is 3.27. The van der Waals surface area contributed by atoms with Gasteiger partial charge in [0.05, 0.1) is 17.8 Å². The van der Waals surface area contributed by atoms with Gasteiger partial charge in [-0.25, -0.2) is 0 Å². The summed E-state index contributed by atoms with van der Waals surface area (Å²) in [5.74, 6) is -0.233. The Labute approximate surface area is 117 Å². The lowest BCUT2D eigenvalue weighted by molar-refractivity contribution is -0.121. The van der Waals surface area contributed by atoms with Crippen LogP contribution in [0.1, 0.15) is 5.56 Å². The molecule has 100 valence electrons. The quantitative estimate of drug-likeness (QED) is 0.906. The molecule has 0 saturated heterocycles. The van der Waals surface area contributed by atoms with Crippen molar-refractivity contribution >= 4 is 23.2 Å². The number of amides is 2. The summed E-state index contributed by atoms with van der Waals surface area (Å²) in [7, 11) is 0. The summed E-state index contributed by atoms with van der Waals surface area (Å²) in [6, 6.07) is 16.9. The molecule has 1 aliphatic rings. The summed E-state index contributed by atoms with van der Waals surface area (Å²) < 4.78 is 0. The number of rotatable bonds is 2. The van der Waals surface area contributed by atoms with E-state index in [4.69, 9.17) is 0 Å². The van der Waals surface area contributed by atoms with Crippen molar-refractivity contribution in [1.29, 1.82) is 0 Å². The minimum absolute atomic E-state index is 0.0708. The second kappa shape index (κ2) is 5.17. The Balaban J connectivity index is 1.87. The van der Waals surface area contributed by atoms with Crippen LogP contribution in [-0.2, 0) is 16.0 Å². The molecule has 20 heavy (non-hydrogen) atoms. The molecule has 2 aromatic rings. The summed E-state index contributed by atoms with van der Waals surface area (Å²) >= 11 is 0. The molecule has 0 fully saturated rings. The van der Waals surface area contributed by atoms with E-state index >= 15 is 0 Å². The third kappa shape index (κ3) is 2.40. The van der Waals surface area contributed by atoms with E-state index in [1.807, 2.05) is 48.5 Å². The predicted octanol–water partition coefficient (Wildman–Crippen LogP) is 2.21. The molecule has 2 aromatic carbocycles. The van der Waals surface area contributed by atoms with Gasteiger partial charge < -0.3 is 10.2 Å². The molecule has 1 aliphatic heterocycles. The Kier molecular flexibility index (Phi) is 3.21. The highest BCUT2D eigenvalue weighted by atomic mass is 16.2. The summed E-state index contributed by atoms with van der Waals surface area (Å²) in [6.07, 6.45) is 0.294.